The lowest BCUT2D eigenvalue weighted by Gasteiger charge is -2.34. The molecule has 0 N–H and O–H groups in total. The first-order valence-corrected chi connectivity index (χ1v) is 14.5. The number of rotatable bonds is 3. The van der Waals surface area contributed by atoms with Gasteiger partial charge in [-0.05, 0) is 73.7 Å². The molecule has 2 aliphatic rings. The monoisotopic (exact) mass is 534 g/mol. The number of benzene rings is 7. The van der Waals surface area contributed by atoms with E-state index < -0.39 is 0 Å². The van der Waals surface area contributed by atoms with E-state index in [1.807, 2.05) is 6.07 Å². The number of para-hydroxylation sites is 1. The van der Waals surface area contributed by atoms with Crippen LogP contribution in [0, 0.1) is 0 Å². The van der Waals surface area contributed by atoms with Crippen molar-refractivity contribution < 1.29 is 4.74 Å². The molecule has 196 valence electrons. The maximum absolute atomic E-state index is 6.47. The third-order valence-electron chi connectivity index (χ3n) is 9.15. The minimum absolute atomic E-state index is 0.385. The first-order valence-electron chi connectivity index (χ1n) is 14.5. The van der Waals surface area contributed by atoms with E-state index in [1.165, 1.54) is 55.3 Å². The van der Waals surface area contributed by atoms with Crippen molar-refractivity contribution in [1.29, 1.82) is 0 Å². The second kappa shape index (κ2) is 8.80. The van der Waals surface area contributed by atoms with Gasteiger partial charge in [0.15, 0.2) is 0 Å². The highest BCUT2D eigenvalue weighted by atomic mass is 16.5. The summed E-state index contributed by atoms with van der Waals surface area (Å²) < 4.78 is 6.47. The fourth-order valence-corrected chi connectivity index (χ4v) is 7.38. The Balaban J connectivity index is 1.23. The molecular weight excluding hydrogens is 508 g/mol. The second-order valence-electron chi connectivity index (χ2n) is 11.3. The van der Waals surface area contributed by atoms with E-state index in [2.05, 4.69) is 152 Å². The van der Waals surface area contributed by atoms with Gasteiger partial charge in [-0.2, -0.15) is 0 Å². The third-order valence-corrected chi connectivity index (χ3v) is 9.15. The molecule has 1 heterocycles. The average molecular weight is 535 g/mol. The molecule has 0 spiro atoms. The molecule has 0 aromatic heterocycles. The van der Waals surface area contributed by atoms with Crippen LogP contribution in [0.2, 0.25) is 0 Å². The Morgan fingerprint density at radius 3 is 1.71 bits per heavy atom. The van der Waals surface area contributed by atoms with Crippen LogP contribution in [0.25, 0.3) is 44.2 Å². The first-order chi connectivity index (χ1) is 20.8. The SMILES string of the molecule is c1ccc(C2(c3ccc(-c4cc5c6c(cccc6c4)-c4ccccc4O5)cc3)c3ccccc3-c3ccccc32)cc1. The maximum atomic E-state index is 6.47. The lowest BCUT2D eigenvalue weighted by atomic mass is 9.67. The van der Waals surface area contributed by atoms with Crippen LogP contribution < -0.4 is 4.74 Å². The van der Waals surface area contributed by atoms with Gasteiger partial charge in [-0.1, -0.05) is 140 Å². The molecule has 0 amide bonds. The summed E-state index contributed by atoms with van der Waals surface area (Å²) in [5.41, 5.74) is 12.2. The van der Waals surface area contributed by atoms with E-state index in [4.69, 9.17) is 4.74 Å². The van der Waals surface area contributed by atoms with E-state index in [-0.39, 0.29) is 5.41 Å². The minimum atomic E-state index is -0.385. The predicted octanol–water partition coefficient (Wildman–Crippen LogP) is 10.6. The zero-order chi connectivity index (χ0) is 27.7. The van der Waals surface area contributed by atoms with Crippen LogP contribution in [0.4, 0.5) is 0 Å². The lowest BCUT2D eigenvalue weighted by Crippen LogP contribution is -2.28. The summed E-state index contributed by atoms with van der Waals surface area (Å²) in [5, 5.41) is 2.37. The van der Waals surface area contributed by atoms with Gasteiger partial charge in [-0.3, -0.25) is 0 Å². The van der Waals surface area contributed by atoms with Crippen molar-refractivity contribution in [2.45, 2.75) is 5.41 Å². The Kier molecular flexibility index (Phi) is 4.88. The summed E-state index contributed by atoms with van der Waals surface area (Å²) in [5.74, 6) is 1.83. The number of hydrogen-bond acceptors (Lipinski definition) is 1. The smallest absolute Gasteiger partial charge is 0.136 e. The Morgan fingerprint density at radius 2 is 0.976 bits per heavy atom. The van der Waals surface area contributed by atoms with E-state index >= 15 is 0 Å². The van der Waals surface area contributed by atoms with Gasteiger partial charge in [0.1, 0.15) is 11.5 Å². The van der Waals surface area contributed by atoms with Gasteiger partial charge >= 0.3 is 0 Å². The molecule has 0 atom stereocenters. The fourth-order valence-electron chi connectivity index (χ4n) is 7.38. The molecule has 1 heteroatoms. The zero-order valence-electron chi connectivity index (χ0n) is 22.9. The fraction of sp³-hybridized carbons (Fsp3) is 0.0244. The van der Waals surface area contributed by atoms with Gasteiger partial charge in [0.05, 0.1) is 5.41 Å². The third kappa shape index (κ3) is 3.14. The Labute approximate surface area is 245 Å². The summed E-state index contributed by atoms with van der Waals surface area (Å²) in [4.78, 5) is 0. The molecule has 0 saturated carbocycles. The molecule has 42 heavy (non-hydrogen) atoms. The summed E-state index contributed by atoms with van der Waals surface area (Å²) in [6, 6.07) is 57.3. The molecule has 0 saturated heterocycles. The highest BCUT2D eigenvalue weighted by Crippen LogP contribution is 2.56. The van der Waals surface area contributed by atoms with Crippen molar-refractivity contribution in [3.63, 3.8) is 0 Å². The van der Waals surface area contributed by atoms with Crippen molar-refractivity contribution in [2.75, 3.05) is 0 Å². The summed E-state index contributed by atoms with van der Waals surface area (Å²) >= 11 is 0. The molecule has 0 bridgehead atoms. The first kappa shape index (κ1) is 23.3. The second-order valence-corrected chi connectivity index (χ2v) is 11.3. The van der Waals surface area contributed by atoms with E-state index in [0.717, 1.165) is 22.6 Å². The lowest BCUT2D eigenvalue weighted by molar-refractivity contribution is 0.487. The van der Waals surface area contributed by atoms with E-state index in [1.54, 1.807) is 0 Å². The van der Waals surface area contributed by atoms with Crippen LogP contribution in [-0.4, -0.2) is 0 Å². The van der Waals surface area contributed by atoms with Crippen molar-refractivity contribution in [3.8, 4) is 44.9 Å². The molecule has 1 aliphatic carbocycles. The molecule has 0 fully saturated rings. The minimum Gasteiger partial charge on any atom is -0.456 e. The van der Waals surface area contributed by atoms with Gasteiger partial charge in [0, 0.05) is 10.9 Å². The van der Waals surface area contributed by atoms with Gasteiger partial charge in [-0.15, -0.1) is 0 Å². The van der Waals surface area contributed by atoms with Gasteiger partial charge < -0.3 is 4.74 Å². The summed E-state index contributed by atoms with van der Waals surface area (Å²) in [7, 11) is 0. The molecule has 9 rings (SSSR count). The van der Waals surface area contributed by atoms with Crippen molar-refractivity contribution in [1.82, 2.24) is 0 Å². The zero-order valence-corrected chi connectivity index (χ0v) is 22.9. The normalized spacial score (nSPS) is 13.6. The quantitative estimate of drug-likeness (QED) is 0.219. The Hall–Kier alpha value is -5.40. The highest BCUT2D eigenvalue weighted by molar-refractivity contribution is 6.05. The molecule has 7 aromatic rings. The maximum Gasteiger partial charge on any atom is 0.136 e. The standard InChI is InChI=1S/C41H26O/c1-2-12-30(13-3-1)41(36-18-7-4-14-32(36)33-15-5-8-19-37(33)41)31-23-21-27(22-24-31)29-25-28-11-10-17-35-34-16-6-9-20-38(34)42-39(26-29)40(28)35/h1-26H. The van der Waals surface area contributed by atoms with E-state index in [9.17, 15) is 0 Å². The van der Waals surface area contributed by atoms with E-state index in [0.29, 0.717) is 0 Å². The molecule has 0 unspecified atom stereocenters. The Bertz CT molecular complexity index is 2110. The van der Waals surface area contributed by atoms with Crippen molar-refractivity contribution in [2.24, 2.45) is 0 Å². The number of ether oxygens (including phenoxy) is 1. The average Bonchev–Trinajstić information content (AvgIpc) is 3.36. The van der Waals surface area contributed by atoms with Crippen LogP contribution >= 0.6 is 0 Å². The van der Waals surface area contributed by atoms with Gasteiger partial charge in [-0.25, -0.2) is 0 Å². The van der Waals surface area contributed by atoms with Crippen molar-refractivity contribution >= 4 is 10.8 Å². The van der Waals surface area contributed by atoms with Crippen molar-refractivity contribution in [3.05, 3.63) is 180 Å². The molecule has 1 nitrogen and oxygen atoms in total. The van der Waals surface area contributed by atoms with Crippen LogP contribution in [0.1, 0.15) is 22.3 Å². The van der Waals surface area contributed by atoms with Crippen LogP contribution in [0.3, 0.4) is 0 Å². The number of fused-ring (bicyclic) bond motifs is 5. The van der Waals surface area contributed by atoms with Gasteiger partial charge in [0.2, 0.25) is 0 Å². The molecule has 0 radical (unpaired) electrons. The summed E-state index contributed by atoms with van der Waals surface area (Å²) in [6.07, 6.45) is 0. The largest absolute Gasteiger partial charge is 0.456 e. The summed E-state index contributed by atoms with van der Waals surface area (Å²) in [6.45, 7) is 0. The van der Waals surface area contributed by atoms with Crippen LogP contribution in [0.5, 0.6) is 11.5 Å². The van der Waals surface area contributed by atoms with Gasteiger partial charge in [0.25, 0.3) is 0 Å². The number of hydrogen-bond donors (Lipinski definition) is 0. The molecule has 7 aromatic carbocycles. The molecule has 1 aliphatic heterocycles. The van der Waals surface area contributed by atoms with Crippen LogP contribution in [0.15, 0.2) is 158 Å². The highest BCUT2D eigenvalue weighted by Gasteiger charge is 2.45. The van der Waals surface area contributed by atoms with Crippen LogP contribution in [-0.2, 0) is 5.41 Å². The molecular formula is C41H26O. The Morgan fingerprint density at radius 1 is 0.381 bits per heavy atom. The predicted molar refractivity (Wildman–Crippen MR) is 172 cm³/mol. The topological polar surface area (TPSA) is 9.23 Å².